The molecule has 4 N–H and O–H groups in total. The summed E-state index contributed by atoms with van der Waals surface area (Å²) in [5, 5.41) is 1.23. The zero-order chi connectivity index (χ0) is 14.0. The van der Waals surface area contributed by atoms with Crippen LogP contribution in [0.2, 0.25) is 0 Å². The monoisotopic (exact) mass is 273 g/mol. The predicted octanol–water partition coefficient (Wildman–Crippen LogP) is 2.19. The van der Waals surface area contributed by atoms with Crippen molar-refractivity contribution in [3.05, 3.63) is 35.5 Å². The van der Waals surface area contributed by atoms with Crippen LogP contribution in [0.4, 0.5) is 17.3 Å². The van der Waals surface area contributed by atoms with Crippen molar-refractivity contribution in [1.82, 2.24) is 10.4 Å². The van der Waals surface area contributed by atoms with Crippen molar-refractivity contribution in [3.8, 4) is 0 Å². The number of benzene rings is 1. The van der Waals surface area contributed by atoms with Crippen molar-refractivity contribution < 1.29 is 17.3 Å². The number of amidine groups is 1. The molecular formula is C10H10BF4N4-. The molecule has 1 aromatic heterocycles. The van der Waals surface area contributed by atoms with Crippen molar-refractivity contribution in [3.63, 3.8) is 0 Å². The van der Waals surface area contributed by atoms with E-state index >= 15 is 0 Å². The van der Waals surface area contributed by atoms with E-state index in [1.54, 1.807) is 0 Å². The van der Waals surface area contributed by atoms with Crippen LogP contribution in [-0.4, -0.2) is 18.1 Å². The Morgan fingerprint density at radius 1 is 1.26 bits per heavy atom. The van der Waals surface area contributed by atoms with Crippen LogP contribution in [0, 0.1) is 0 Å². The fourth-order valence-electron chi connectivity index (χ4n) is 1.95. The van der Waals surface area contributed by atoms with Crippen molar-refractivity contribution in [2.45, 2.75) is 6.54 Å². The molecule has 0 bridgehead atoms. The minimum Gasteiger partial charge on any atom is -0.418 e. The van der Waals surface area contributed by atoms with Gasteiger partial charge in [-0.2, -0.15) is 0 Å². The van der Waals surface area contributed by atoms with Gasteiger partial charge in [0.05, 0.1) is 6.54 Å². The number of aromatic nitrogens is 1. The highest BCUT2D eigenvalue weighted by Gasteiger charge is 2.20. The maximum atomic E-state index is 9.75. The summed E-state index contributed by atoms with van der Waals surface area (Å²) in [6.07, 6.45) is 2.00. The van der Waals surface area contributed by atoms with Gasteiger partial charge in [-0.3, -0.25) is 4.99 Å². The van der Waals surface area contributed by atoms with Gasteiger partial charge in [0.25, 0.3) is 0 Å². The molecule has 2 aromatic rings. The lowest BCUT2D eigenvalue weighted by molar-refractivity contribution is 0.368. The van der Waals surface area contributed by atoms with E-state index in [4.69, 9.17) is 5.84 Å². The molecule has 0 saturated carbocycles. The highest BCUT2D eigenvalue weighted by molar-refractivity contribution is 6.50. The molecule has 0 saturated heterocycles. The number of hydrogen-bond donors (Lipinski definition) is 3. The largest absolute Gasteiger partial charge is 0.673 e. The summed E-state index contributed by atoms with van der Waals surface area (Å²) < 4.78 is 39.0. The molecule has 3 rings (SSSR count). The van der Waals surface area contributed by atoms with Crippen LogP contribution in [0.1, 0.15) is 11.1 Å². The number of rotatable bonds is 0. The molecule has 102 valence electrons. The van der Waals surface area contributed by atoms with Crippen molar-refractivity contribution in [2.24, 2.45) is 10.8 Å². The van der Waals surface area contributed by atoms with Gasteiger partial charge < -0.3 is 27.7 Å². The second-order valence-electron chi connectivity index (χ2n) is 3.85. The Hall–Kier alpha value is -2.03. The fourth-order valence-corrected chi connectivity index (χ4v) is 1.95. The van der Waals surface area contributed by atoms with Crippen LogP contribution in [0.5, 0.6) is 0 Å². The zero-order valence-electron chi connectivity index (χ0n) is 9.63. The van der Waals surface area contributed by atoms with Crippen LogP contribution >= 0.6 is 0 Å². The minimum atomic E-state index is -6.00. The van der Waals surface area contributed by atoms with E-state index in [1.807, 2.05) is 18.3 Å². The van der Waals surface area contributed by atoms with E-state index in [-0.39, 0.29) is 0 Å². The molecule has 0 aliphatic carbocycles. The molecule has 0 radical (unpaired) electrons. The second-order valence-corrected chi connectivity index (χ2v) is 3.85. The Kier molecular flexibility index (Phi) is 3.47. The van der Waals surface area contributed by atoms with Gasteiger partial charge in [-0.05, 0) is 11.6 Å². The average molecular weight is 273 g/mol. The number of nitrogens with one attached hydrogen (secondary N) is 2. The Morgan fingerprint density at radius 3 is 2.58 bits per heavy atom. The van der Waals surface area contributed by atoms with Gasteiger partial charge in [-0.25, -0.2) is 5.84 Å². The van der Waals surface area contributed by atoms with E-state index in [1.165, 1.54) is 10.9 Å². The van der Waals surface area contributed by atoms with Crippen LogP contribution < -0.4 is 11.3 Å². The maximum Gasteiger partial charge on any atom is 0.673 e. The SMILES string of the molecule is F[B-](F)(F)F.NNC1=NCc2c[nH]c3cccc1c23. The van der Waals surface area contributed by atoms with Gasteiger partial charge in [0, 0.05) is 22.7 Å². The number of halogens is 4. The molecule has 1 aliphatic heterocycles. The number of aliphatic imine (C=N–C) groups is 1. The van der Waals surface area contributed by atoms with Crippen LogP contribution in [0.15, 0.2) is 29.4 Å². The first-order chi connectivity index (χ1) is 8.90. The number of aromatic amines is 1. The fraction of sp³-hybridized carbons (Fsp3) is 0.100. The predicted molar refractivity (Wildman–Crippen MR) is 66.0 cm³/mol. The molecule has 0 unspecified atom stereocenters. The molecule has 4 nitrogen and oxygen atoms in total. The third-order valence-corrected chi connectivity index (χ3v) is 2.59. The number of nitrogens with two attached hydrogens (primary N) is 1. The van der Waals surface area contributed by atoms with Crippen LogP contribution in [0.25, 0.3) is 10.9 Å². The van der Waals surface area contributed by atoms with Crippen molar-refractivity contribution in [1.29, 1.82) is 0 Å². The summed E-state index contributed by atoms with van der Waals surface area (Å²) in [7, 11) is -6.00. The first-order valence-corrected chi connectivity index (χ1v) is 5.38. The Bertz CT molecular complexity index is 614. The van der Waals surface area contributed by atoms with E-state index in [9.17, 15) is 17.3 Å². The topological polar surface area (TPSA) is 66.2 Å². The number of hydrogen-bond acceptors (Lipinski definition) is 3. The van der Waals surface area contributed by atoms with E-state index in [0.717, 1.165) is 16.9 Å². The summed E-state index contributed by atoms with van der Waals surface area (Å²) in [4.78, 5) is 7.57. The van der Waals surface area contributed by atoms with E-state index in [0.29, 0.717) is 6.54 Å². The van der Waals surface area contributed by atoms with Gasteiger partial charge in [-0.15, -0.1) is 0 Å². The number of nitrogens with zero attached hydrogens (tertiary/aromatic N) is 1. The summed E-state index contributed by atoms with van der Waals surface area (Å²) in [6, 6.07) is 6.08. The Labute approximate surface area is 105 Å². The third kappa shape index (κ3) is 3.05. The van der Waals surface area contributed by atoms with Gasteiger partial charge in [0.2, 0.25) is 0 Å². The molecule has 0 fully saturated rings. The molecular weight excluding hydrogens is 263 g/mol. The Morgan fingerprint density at radius 2 is 1.95 bits per heavy atom. The first kappa shape index (κ1) is 13.4. The highest BCUT2D eigenvalue weighted by Crippen LogP contribution is 2.26. The first-order valence-electron chi connectivity index (χ1n) is 5.38. The van der Waals surface area contributed by atoms with Gasteiger partial charge in [0.1, 0.15) is 5.84 Å². The zero-order valence-corrected chi connectivity index (χ0v) is 9.63. The molecule has 19 heavy (non-hydrogen) atoms. The quantitative estimate of drug-likeness (QED) is 0.298. The molecule has 1 aromatic carbocycles. The van der Waals surface area contributed by atoms with E-state index < -0.39 is 7.25 Å². The lowest BCUT2D eigenvalue weighted by Gasteiger charge is -2.12. The third-order valence-electron chi connectivity index (χ3n) is 2.59. The second kappa shape index (κ2) is 4.92. The molecule has 0 spiro atoms. The van der Waals surface area contributed by atoms with Crippen molar-refractivity contribution >= 4 is 24.0 Å². The average Bonchev–Trinajstić information content (AvgIpc) is 2.73. The normalized spacial score (nSPS) is 13.6. The van der Waals surface area contributed by atoms with Crippen LogP contribution in [0.3, 0.4) is 0 Å². The van der Waals surface area contributed by atoms with Crippen molar-refractivity contribution in [2.75, 3.05) is 0 Å². The lowest BCUT2D eigenvalue weighted by atomic mass is 10.0. The molecule has 0 amide bonds. The summed E-state index contributed by atoms with van der Waals surface area (Å²) in [5.41, 5.74) is 6.08. The summed E-state index contributed by atoms with van der Waals surface area (Å²) in [6.45, 7) is 0.691. The molecule has 9 heteroatoms. The number of hydrazine groups is 1. The van der Waals surface area contributed by atoms with Crippen LogP contribution in [-0.2, 0) is 6.54 Å². The summed E-state index contributed by atoms with van der Waals surface area (Å²) >= 11 is 0. The van der Waals surface area contributed by atoms with Gasteiger partial charge >= 0.3 is 7.25 Å². The molecule has 2 heterocycles. The van der Waals surface area contributed by atoms with E-state index in [2.05, 4.69) is 21.5 Å². The van der Waals surface area contributed by atoms with Gasteiger partial charge in [0.15, 0.2) is 0 Å². The highest BCUT2D eigenvalue weighted by atomic mass is 19.5. The lowest BCUT2D eigenvalue weighted by Crippen LogP contribution is -2.32. The summed E-state index contributed by atoms with van der Waals surface area (Å²) in [5.74, 6) is 6.18. The maximum absolute atomic E-state index is 9.75. The molecule has 1 aliphatic rings. The van der Waals surface area contributed by atoms with Gasteiger partial charge in [-0.1, -0.05) is 12.1 Å². The molecule has 0 atom stereocenters. The number of H-pyrrole nitrogens is 1. The standard InChI is InChI=1S/C10H10N4.BF4/c11-14-10-7-2-1-3-8-9(7)6(4-12-8)5-13-10;2-1(3,4)5/h1-4,12H,5,11H2,(H,13,14);/q;-1. The minimum absolute atomic E-state index is 0.691. The smallest absolute Gasteiger partial charge is 0.418 e. The Balaban J connectivity index is 0.000000232.